The van der Waals surface area contributed by atoms with E-state index in [0.717, 1.165) is 5.56 Å². The minimum Gasteiger partial charge on any atom is -0.362 e. The molecule has 1 aromatic heterocycles. The van der Waals surface area contributed by atoms with E-state index in [9.17, 15) is 10.1 Å². The van der Waals surface area contributed by atoms with Crippen LogP contribution in [0.2, 0.25) is 0 Å². The first kappa shape index (κ1) is 13.0. The number of nitrogens with two attached hydrogens (primary N) is 1. The standard InChI is InChI=1S/C13H14N4O2/c14-11(10-5-2-1-3-6-10)9-16-13-12(17(18)19)7-4-8-15-13/h1-8,11H,9,14H2,(H,15,16). The third-order valence-electron chi connectivity index (χ3n) is 2.70. The maximum Gasteiger partial charge on any atom is 0.311 e. The van der Waals surface area contributed by atoms with Gasteiger partial charge in [-0.2, -0.15) is 0 Å². The number of hydrogen-bond donors (Lipinski definition) is 2. The number of anilines is 1. The molecular formula is C13H14N4O2. The highest BCUT2D eigenvalue weighted by Gasteiger charge is 2.14. The Balaban J connectivity index is 2.05. The van der Waals surface area contributed by atoms with E-state index in [1.54, 1.807) is 0 Å². The van der Waals surface area contributed by atoms with Gasteiger partial charge in [0, 0.05) is 24.8 Å². The van der Waals surface area contributed by atoms with Crippen molar-refractivity contribution in [3.8, 4) is 0 Å². The van der Waals surface area contributed by atoms with Gasteiger partial charge in [0.1, 0.15) is 0 Å². The number of benzene rings is 1. The molecule has 2 rings (SSSR count). The van der Waals surface area contributed by atoms with E-state index in [2.05, 4.69) is 10.3 Å². The third kappa shape index (κ3) is 3.26. The molecule has 3 N–H and O–H groups in total. The summed E-state index contributed by atoms with van der Waals surface area (Å²) in [6.07, 6.45) is 1.50. The smallest absolute Gasteiger partial charge is 0.311 e. The van der Waals surface area contributed by atoms with Crippen molar-refractivity contribution in [2.75, 3.05) is 11.9 Å². The van der Waals surface area contributed by atoms with Gasteiger partial charge in [-0.1, -0.05) is 30.3 Å². The number of pyridine rings is 1. The van der Waals surface area contributed by atoms with Crippen LogP contribution in [0.4, 0.5) is 11.5 Å². The predicted molar refractivity (Wildman–Crippen MR) is 72.8 cm³/mol. The Morgan fingerprint density at radius 2 is 2.00 bits per heavy atom. The Morgan fingerprint density at radius 1 is 1.26 bits per heavy atom. The summed E-state index contributed by atoms with van der Waals surface area (Å²) in [6.45, 7) is 0.377. The Bertz CT molecular complexity index is 560. The molecule has 2 aromatic rings. The van der Waals surface area contributed by atoms with Gasteiger partial charge >= 0.3 is 5.69 Å². The van der Waals surface area contributed by atoms with Crippen LogP contribution in [-0.4, -0.2) is 16.5 Å². The average molecular weight is 258 g/mol. The number of aromatic nitrogens is 1. The zero-order valence-electron chi connectivity index (χ0n) is 10.2. The quantitative estimate of drug-likeness (QED) is 0.632. The summed E-state index contributed by atoms with van der Waals surface area (Å²) in [4.78, 5) is 14.3. The molecular weight excluding hydrogens is 244 g/mol. The molecule has 0 aliphatic rings. The molecule has 0 aliphatic heterocycles. The van der Waals surface area contributed by atoms with Crippen LogP contribution < -0.4 is 11.1 Å². The molecule has 0 amide bonds. The van der Waals surface area contributed by atoms with Crippen molar-refractivity contribution >= 4 is 11.5 Å². The van der Waals surface area contributed by atoms with E-state index in [0.29, 0.717) is 6.54 Å². The van der Waals surface area contributed by atoms with Crippen molar-refractivity contribution in [1.82, 2.24) is 4.98 Å². The second-order valence-electron chi connectivity index (χ2n) is 4.03. The monoisotopic (exact) mass is 258 g/mol. The van der Waals surface area contributed by atoms with Crippen LogP contribution in [0.5, 0.6) is 0 Å². The fraction of sp³-hybridized carbons (Fsp3) is 0.154. The fourth-order valence-corrected chi connectivity index (χ4v) is 1.71. The van der Waals surface area contributed by atoms with Gasteiger partial charge in [-0.25, -0.2) is 4.98 Å². The van der Waals surface area contributed by atoms with E-state index in [-0.39, 0.29) is 17.5 Å². The van der Waals surface area contributed by atoms with Gasteiger partial charge < -0.3 is 11.1 Å². The van der Waals surface area contributed by atoms with Gasteiger partial charge in [-0.15, -0.1) is 0 Å². The van der Waals surface area contributed by atoms with E-state index in [1.165, 1.54) is 18.3 Å². The Kier molecular flexibility index (Phi) is 4.04. The van der Waals surface area contributed by atoms with Crippen LogP contribution in [0.3, 0.4) is 0 Å². The highest BCUT2D eigenvalue weighted by Crippen LogP contribution is 2.21. The summed E-state index contributed by atoms with van der Waals surface area (Å²) in [5, 5.41) is 13.7. The molecule has 1 heterocycles. The van der Waals surface area contributed by atoms with Gasteiger partial charge in [0.25, 0.3) is 0 Å². The van der Waals surface area contributed by atoms with E-state index in [4.69, 9.17) is 5.73 Å². The zero-order valence-corrected chi connectivity index (χ0v) is 10.2. The minimum atomic E-state index is -0.469. The van der Waals surface area contributed by atoms with Crippen LogP contribution in [0.1, 0.15) is 11.6 Å². The molecule has 0 radical (unpaired) electrons. The van der Waals surface area contributed by atoms with Gasteiger partial charge in [-0.3, -0.25) is 10.1 Å². The number of hydrogen-bond acceptors (Lipinski definition) is 5. The maximum absolute atomic E-state index is 10.8. The van der Waals surface area contributed by atoms with Crippen molar-refractivity contribution in [3.63, 3.8) is 0 Å². The SMILES string of the molecule is NC(CNc1ncccc1[N+](=O)[O-])c1ccccc1. The maximum atomic E-state index is 10.8. The van der Waals surface area contributed by atoms with Crippen LogP contribution >= 0.6 is 0 Å². The highest BCUT2D eigenvalue weighted by molar-refractivity contribution is 5.55. The van der Waals surface area contributed by atoms with Gasteiger partial charge in [0.05, 0.1) is 4.92 Å². The summed E-state index contributed by atoms with van der Waals surface area (Å²) in [7, 11) is 0. The fourth-order valence-electron chi connectivity index (χ4n) is 1.71. The molecule has 98 valence electrons. The molecule has 6 nitrogen and oxygen atoms in total. The molecule has 0 spiro atoms. The molecule has 1 atom stereocenters. The van der Waals surface area contributed by atoms with Gasteiger partial charge in [-0.05, 0) is 11.6 Å². The normalized spacial score (nSPS) is 11.8. The van der Waals surface area contributed by atoms with Crippen LogP contribution in [0, 0.1) is 10.1 Å². The summed E-state index contributed by atoms with van der Waals surface area (Å²) >= 11 is 0. The molecule has 1 unspecified atom stereocenters. The number of rotatable bonds is 5. The lowest BCUT2D eigenvalue weighted by atomic mass is 10.1. The van der Waals surface area contributed by atoms with Crippen LogP contribution in [0.15, 0.2) is 48.7 Å². The van der Waals surface area contributed by atoms with Crippen molar-refractivity contribution < 1.29 is 4.92 Å². The first-order chi connectivity index (χ1) is 9.18. The summed E-state index contributed by atoms with van der Waals surface area (Å²) < 4.78 is 0. The predicted octanol–water partition coefficient (Wildman–Crippen LogP) is 2.10. The van der Waals surface area contributed by atoms with Crippen molar-refractivity contribution in [3.05, 3.63) is 64.3 Å². The zero-order chi connectivity index (χ0) is 13.7. The second-order valence-corrected chi connectivity index (χ2v) is 4.03. The lowest BCUT2D eigenvalue weighted by molar-refractivity contribution is -0.384. The molecule has 0 saturated carbocycles. The summed E-state index contributed by atoms with van der Waals surface area (Å²) in [6, 6.07) is 12.2. The third-order valence-corrected chi connectivity index (χ3v) is 2.70. The minimum absolute atomic E-state index is 0.0530. The first-order valence-corrected chi connectivity index (χ1v) is 5.82. The van der Waals surface area contributed by atoms with Crippen molar-refractivity contribution in [1.29, 1.82) is 0 Å². The summed E-state index contributed by atoms with van der Waals surface area (Å²) in [5.41, 5.74) is 6.92. The molecule has 0 fully saturated rings. The average Bonchev–Trinajstić information content (AvgIpc) is 2.46. The lowest BCUT2D eigenvalue weighted by Crippen LogP contribution is -2.21. The van der Waals surface area contributed by atoms with E-state index < -0.39 is 4.92 Å². The van der Waals surface area contributed by atoms with Gasteiger partial charge in [0.2, 0.25) is 5.82 Å². The number of nitrogens with one attached hydrogen (secondary N) is 1. The largest absolute Gasteiger partial charge is 0.362 e. The summed E-state index contributed by atoms with van der Waals surface area (Å²) in [5.74, 6) is 0.235. The molecule has 6 heteroatoms. The molecule has 0 bridgehead atoms. The lowest BCUT2D eigenvalue weighted by Gasteiger charge is -2.13. The molecule has 0 saturated heterocycles. The van der Waals surface area contributed by atoms with Crippen LogP contribution in [0.25, 0.3) is 0 Å². The number of nitro groups is 1. The van der Waals surface area contributed by atoms with E-state index in [1.807, 2.05) is 30.3 Å². The first-order valence-electron chi connectivity index (χ1n) is 5.82. The Hall–Kier alpha value is -2.47. The topological polar surface area (TPSA) is 94.1 Å². The molecule has 0 aliphatic carbocycles. The Morgan fingerprint density at radius 3 is 2.68 bits per heavy atom. The van der Waals surface area contributed by atoms with Crippen molar-refractivity contribution in [2.24, 2.45) is 5.73 Å². The van der Waals surface area contributed by atoms with Crippen molar-refractivity contribution in [2.45, 2.75) is 6.04 Å². The van der Waals surface area contributed by atoms with E-state index >= 15 is 0 Å². The second kappa shape index (κ2) is 5.92. The highest BCUT2D eigenvalue weighted by atomic mass is 16.6. The molecule has 19 heavy (non-hydrogen) atoms. The molecule has 1 aromatic carbocycles. The van der Waals surface area contributed by atoms with Gasteiger partial charge in [0.15, 0.2) is 0 Å². The van der Waals surface area contributed by atoms with Crippen LogP contribution in [-0.2, 0) is 0 Å². The Labute approximate surface area is 110 Å². The number of nitrogens with zero attached hydrogens (tertiary/aromatic N) is 2.